The van der Waals surface area contributed by atoms with Gasteiger partial charge in [-0.1, -0.05) is 0 Å². The van der Waals surface area contributed by atoms with Crippen molar-refractivity contribution < 1.29 is 0 Å². The van der Waals surface area contributed by atoms with Gasteiger partial charge in [-0.2, -0.15) is 0 Å². The summed E-state index contributed by atoms with van der Waals surface area (Å²) in [6.45, 7) is 3.27. The molecule has 3 heterocycles. The Balaban J connectivity index is 2.13. The minimum atomic E-state index is -0.0571. The van der Waals surface area contributed by atoms with Crippen molar-refractivity contribution in [1.29, 1.82) is 0 Å². The molecule has 0 aromatic carbocycles. The predicted octanol–water partition coefficient (Wildman–Crippen LogP) is 2.48. The van der Waals surface area contributed by atoms with Gasteiger partial charge in [-0.05, 0) is 60.8 Å². The zero-order valence-electron chi connectivity index (χ0n) is 9.78. The first-order chi connectivity index (χ1) is 8.19. The summed E-state index contributed by atoms with van der Waals surface area (Å²) >= 11 is 3.50. The number of hydrogen-bond donors (Lipinski definition) is 1. The Hall–Kier alpha value is -0.940. The maximum Gasteiger partial charge on any atom is 0.160 e. The summed E-state index contributed by atoms with van der Waals surface area (Å²) in [5, 5.41) is 12.2. The maximum absolute atomic E-state index is 4.36. The van der Waals surface area contributed by atoms with Gasteiger partial charge in [0, 0.05) is 10.7 Å². The quantitative estimate of drug-likeness (QED) is 0.879. The number of pyridine rings is 1. The predicted molar refractivity (Wildman–Crippen MR) is 69.9 cm³/mol. The van der Waals surface area contributed by atoms with Gasteiger partial charge >= 0.3 is 0 Å². The molecule has 1 unspecified atom stereocenters. The molecule has 0 amide bonds. The van der Waals surface area contributed by atoms with Crippen LogP contribution in [-0.2, 0) is 5.54 Å². The Morgan fingerprint density at radius 1 is 1.35 bits per heavy atom. The van der Waals surface area contributed by atoms with Crippen LogP contribution in [0.5, 0.6) is 0 Å². The molecule has 17 heavy (non-hydrogen) atoms. The number of fused-ring (bicyclic) bond motifs is 1. The molecule has 1 fully saturated rings. The average molecular weight is 295 g/mol. The smallest absolute Gasteiger partial charge is 0.160 e. The fourth-order valence-corrected chi connectivity index (χ4v) is 2.83. The van der Waals surface area contributed by atoms with Crippen molar-refractivity contribution in [2.24, 2.45) is 0 Å². The number of nitrogens with zero attached hydrogens (tertiary/aromatic N) is 3. The van der Waals surface area contributed by atoms with Crippen molar-refractivity contribution >= 4 is 21.6 Å². The van der Waals surface area contributed by atoms with Crippen LogP contribution in [0.3, 0.4) is 0 Å². The summed E-state index contributed by atoms with van der Waals surface area (Å²) < 4.78 is 3.12. The van der Waals surface area contributed by atoms with E-state index in [1.165, 1.54) is 12.8 Å². The molecule has 3 rings (SSSR count). The lowest BCUT2D eigenvalue weighted by molar-refractivity contribution is 0.267. The first-order valence-corrected chi connectivity index (χ1v) is 6.74. The molecule has 0 saturated carbocycles. The van der Waals surface area contributed by atoms with E-state index in [4.69, 9.17) is 0 Å². The summed E-state index contributed by atoms with van der Waals surface area (Å²) in [7, 11) is 0. The summed E-state index contributed by atoms with van der Waals surface area (Å²) in [5.41, 5.74) is 0.843. The number of piperidine rings is 1. The molecule has 1 atom stereocenters. The van der Waals surface area contributed by atoms with Crippen molar-refractivity contribution in [2.75, 3.05) is 6.54 Å². The van der Waals surface area contributed by atoms with E-state index < -0.39 is 0 Å². The van der Waals surface area contributed by atoms with Crippen molar-refractivity contribution in [2.45, 2.75) is 31.7 Å². The maximum atomic E-state index is 4.36. The Morgan fingerprint density at radius 2 is 2.24 bits per heavy atom. The van der Waals surface area contributed by atoms with Crippen LogP contribution in [0.25, 0.3) is 5.65 Å². The second-order valence-electron chi connectivity index (χ2n) is 4.82. The largest absolute Gasteiger partial charge is 0.305 e. The highest BCUT2D eigenvalue weighted by Gasteiger charge is 2.32. The fraction of sp³-hybridized carbons (Fsp3) is 0.500. The highest BCUT2D eigenvalue weighted by atomic mass is 79.9. The summed E-state index contributed by atoms with van der Waals surface area (Å²) in [6, 6.07) is 3.97. The standard InChI is InChI=1S/C12H15BrN4/c1-12(6-2-3-7-14-12)11-16-15-10-5-4-9(13)8-17(10)11/h4-5,8,14H,2-3,6-7H2,1H3. The van der Waals surface area contributed by atoms with Crippen LogP contribution in [0.2, 0.25) is 0 Å². The summed E-state index contributed by atoms with van der Waals surface area (Å²) in [6.07, 6.45) is 5.63. The number of nitrogens with one attached hydrogen (secondary N) is 1. The van der Waals surface area contributed by atoms with Crippen LogP contribution in [0.1, 0.15) is 32.0 Å². The summed E-state index contributed by atoms with van der Waals surface area (Å²) in [4.78, 5) is 0. The molecule has 2 aromatic rings. The Kier molecular flexibility index (Phi) is 2.67. The topological polar surface area (TPSA) is 42.2 Å². The van der Waals surface area contributed by atoms with Crippen molar-refractivity contribution in [3.63, 3.8) is 0 Å². The van der Waals surface area contributed by atoms with Crippen LogP contribution >= 0.6 is 15.9 Å². The van der Waals surface area contributed by atoms with Crippen molar-refractivity contribution in [3.05, 3.63) is 28.6 Å². The van der Waals surface area contributed by atoms with Gasteiger partial charge in [-0.25, -0.2) is 0 Å². The molecule has 1 aliphatic heterocycles. The third kappa shape index (κ3) is 1.87. The monoisotopic (exact) mass is 294 g/mol. The SMILES string of the molecule is CC1(c2nnc3ccc(Br)cn23)CCCCN1. The van der Waals surface area contributed by atoms with E-state index in [2.05, 4.69) is 42.8 Å². The van der Waals surface area contributed by atoms with Gasteiger partial charge < -0.3 is 5.32 Å². The molecule has 0 radical (unpaired) electrons. The van der Waals surface area contributed by atoms with Gasteiger partial charge in [0.25, 0.3) is 0 Å². The van der Waals surface area contributed by atoms with Gasteiger partial charge in [0.2, 0.25) is 0 Å². The van der Waals surface area contributed by atoms with Gasteiger partial charge in [0.15, 0.2) is 11.5 Å². The van der Waals surface area contributed by atoms with E-state index in [1.807, 2.05) is 18.3 Å². The van der Waals surface area contributed by atoms with E-state index in [0.29, 0.717) is 0 Å². The van der Waals surface area contributed by atoms with Gasteiger partial charge in [-0.3, -0.25) is 4.40 Å². The lowest BCUT2D eigenvalue weighted by Gasteiger charge is -2.33. The highest BCUT2D eigenvalue weighted by molar-refractivity contribution is 9.10. The number of hydrogen-bond acceptors (Lipinski definition) is 3. The fourth-order valence-electron chi connectivity index (χ4n) is 2.49. The highest BCUT2D eigenvalue weighted by Crippen LogP contribution is 2.29. The minimum Gasteiger partial charge on any atom is -0.305 e. The lowest BCUT2D eigenvalue weighted by atomic mass is 9.90. The number of rotatable bonds is 1. The molecular formula is C12H15BrN4. The molecule has 0 spiro atoms. The Labute approximate surface area is 109 Å². The molecular weight excluding hydrogens is 280 g/mol. The summed E-state index contributed by atoms with van der Waals surface area (Å²) in [5.74, 6) is 1.01. The van der Waals surface area contributed by atoms with Gasteiger partial charge in [0.05, 0.1) is 5.54 Å². The third-order valence-electron chi connectivity index (χ3n) is 3.48. The molecule has 5 heteroatoms. The molecule has 4 nitrogen and oxygen atoms in total. The molecule has 0 aliphatic carbocycles. The first-order valence-electron chi connectivity index (χ1n) is 5.95. The zero-order chi connectivity index (χ0) is 11.9. The zero-order valence-corrected chi connectivity index (χ0v) is 11.4. The minimum absolute atomic E-state index is 0.0571. The average Bonchev–Trinajstić information content (AvgIpc) is 2.73. The molecule has 2 aromatic heterocycles. The molecule has 1 saturated heterocycles. The molecule has 1 N–H and O–H groups in total. The normalized spacial score (nSPS) is 25.3. The first kappa shape index (κ1) is 11.2. The van der Waals surface area contributed by atoms with Crippen molar-refractivity contribution in [1.82, 2.24) is 19.9 Å². The van der Waals surface area contributed by atoms with Crippen LogP contribution in [0.15, 0.2) is 22.8 Å². The van der Waals surface area contributed by atoms with Gasteiger partial charge in [0.1, 0.15) is 0 Å². The van der Waals surface area contributed by atoms with E-state index in [9.17, 15) is 0 Å². The second kappa shape index (κ2) is 4.07. The van der Waals surface area contributed by atoms with Crippen LogP contribution in [0, 0.1) is 0 Å². The lowest BCUT2D eigenvalue weighted by Crippen LogP contribution is -2.44. The second-order valence-corrected chi connectivity index (χ2v) is 5.73. The van der Waals surface area contributed by atoms with Crippen LogP contribution in [-0.4, -0.2) is 21.1 Å². The van der Waals surface area contributed by atoms with Gasteiger partial charge in [-0.15, -0.1) is 10.2 Å². The molecule has 0 bridgehead atoms. The van der Waals surface area contributed by atoms with E-state index >= 15 is 0 Å². The Bertz CT molecular complexity index is 542. The molecule has 1 aliphatic rings. The third-order valence-corrected chi connectivity index (χ3v) is 3.95. The van der Waals surface area contributed by atoms with E-state index in [-0.39, 0.29) is 5.54 Å². The van der Waals surface area contributed by atoms with Crippen LogP contribution in [0.4, 0.5) is 0 Å². The molecule has 90 valence electrons. The van der Waals surface area contributed by atoms with Crippen LogP contribution < -0.4 is 5.32 Å². The van der Waals surface area contributed by atoms with E-state index in [1.54, 1.807) is 0 Å². The number of aromatic nitrogens is 3. The number of halogens is 1. The van der Waals surface area contributed by atoms with Crippen molar-refractivity contribution in [3.8, 4) is 0 Å². The Morgan fingerprint density at radius 3 is 3.00 bits per heavy atom. The van der Waals surface area contributed by atoms with E-state index in [0.717, 1.165) is 28.9 Å².